The second-order valence-corrected chi connectivity index (χ2v) is 6.11. The predicted molar refractivity (Wildman–Crippen MR) is 95.6 cm³/mol. The van der Waals surface area contributed by atoms with Crippen molar-refractivity contribution in [3.05, 3.63) is 42.2 Å². The average Bonchev–Trinajstić information content (AvgIpc) is 2.57. The summed E-state index contributed by atoms with van der Waals surface area (Å²) in [5, 5.41) is 0. The first-order valence-corrected chi connectivity index (χ1v) is 8.27. The Morgan fingerprint density at radius 2 is 1.87 bits per heavy atom. The van der Waals surface area contributed by atoms with Crippen molar-refractivity contribution >= 4 is 17.3 Å². The summed E-state index contributed by atoms with van der Waals surface area (Å²) in [5.41, 5.74) is 2.44. The van der Waals surface area contributed by atoms with Gasteiger partial charge < -0.3 is 14.7 Å². The largest absolute Gasteiger partial charge is 0.354 e. The van der Waals surface area contributed by atoms with Crippen LogP contribution in [0.5, 0.6) is 0 Å². The minimum absolute atomic E-state index is 0.878. The van der Waals surface area contributed by atoms with E-state index < -0.39 is 0 Å². The van der Waals surface area contributed by atoms with E-state index in [0.717, 1.165) is 44.4 Å². The highest BCUT2D eigenvalue weighted by Crippen LogP contribution is 2.26. The lowest BCUT2D eigenvalue weighted by molar-refractivity contribution is 0.312. The SMILES string of the molecule is CCN(c1cccc(C)c1)c1cc(N2CCN(C)CC2)ncn1. The van der Waals surface area contributed by atoms with E-state index in [1.165, 1.54) is 11.3 Å². The van der Waals surface area contributed by atoms with Crippen LogP contribution in [0.2, 0.25) is 0 Å². The summed E-state index contributed by atoms with van der Waals surface area (Å²) in [6, 6.07) is 10.6. The molecule has 0 aliphatic carbocycles. The van der Waals surface area contributed by atoms with Crippen LogP contribution in [0.4, 0.5) is 17.3 Å². The van der Waals surface area contributed by atoms with Crippen LogP contribution in [0.25, 0.3) is 0 Å². The first kappa shape index (κ1) is 15.7. The molecule has 1 aliphatic heterocycles. The van der Waals surface area contributed by atoms with E-state index in [2.05, 4.69) is 75.9 Å². The number of benzene rings is 1. The molecule has 0 unspecified atom stereocenters. The summed E-state index contributed by atoms with van der Waals surface area (Å²) in [6.45, 7) is 9.34. The molecule has 0 amide bonds. The first-order valence-electron chi connectivity index (χ1n) is 8.27. The zero-order chi connectivity index (χ0) is 16.2. The number of likely N-dealkylation sites (N-methyl/N-ethyl adjacent to an activating group) is 1. The van der Waals surface area contributed by atoms with Gasteiger partial charge in [-0.15, -0.1) is 0 Å². The monoisotopic (exact) mass is 311 g/mol. The van der Waals surface area contributed by atoms with Gasteiger partial charge in [0.1, 0.15) is 18.0 Å². The van der Waals surface area contributed by atoms with Crippen LogP contribution in [0.1, 0.15) is 12.5 Å². The van der Waals surface area contributed by atoms with Gasteiger partial charge in [-0.2, -0.15) is 0 Å². The molecule has 1 aromatic carbocycles. The molecule has 5 heteroatoms. The van der Waals surface area contributed by atoms with Gasteiger partial charge in [-0.05, 0) is 38.6 Å². The number of hydrogen-bond donors (Lipinski definition) is 0. The van der Waals surface area contributed by atoms with E-state index in [4.69, 9.17) is 0 Å². The summed E-state index contributed by atoms with van der Waals surface area (Å²) in [4.78, 5) is 15.9. The minimum atomic E-state index is 0.878. The van der Waals surface area contributed by atoms with Crippen molar-refractivity contribution in [2.75, 3.05) is 49.6 Å². The molecule has 5 nitrogen and oxygen atoms in total. The second-order valence-electron chi connectivity index (χ2n) is 6.11. The Bertz CT molecular complexity index is 649. The number of rotatable bonds is 4. The van der Waals surface area contributed by atoms with Gasteiger partial charge in [0, 0.05) is 44.5 Å². The van der Waals surface area contributed by atoms with E-state index in [0.29, 0.717) is 0 Å². The van der Waals surface area contributed by atoms with Crippen LogP contribution in [0.3, 0.4) is 0 Å². The smallest absolute Gasteiger partial charge is 0.138 e. The molecule has 3 rings (SSSR count). The van der Waals surface area contributed by atoms with Crippen LogP contribution in [-0.4, -0.2) is 54.6 Å². The van der Waals surface area contributed by atoms with Crippen molar-refractivity contribution < 1.29 is 0 Å². The normalized spacial score (nSPS) is 15.7. The Labute approximate surface area is 138 Å². The molecule has 0 bridgehead atoms. The van der Waals surface area contributed by atoms with E-state index in [9.17, 15) is 0 Å². The molecule has 122 valence electrons. The van der Waals surface area contributed by atoms with Gasteiger partial charge in [0.25, 0.3) is 0 Å². The maximum Gasteiger partial charge on any atom is 0.138 e. The quantitative estimate of drug-likeness (QED) is 0.867. The predicted octanol–water partition coefficient (Wildman–Crippen LogP) is 2.69. The molecule has 1 aromatic heterocycles. The third-order valence-electron chi connectivity index (χ3n) is 4.37. The molecule has 23 heavy (non-hydrogen) atoms. The van der Waals surface area contributed by atoms with Crippen LogP contribution in [-0.2, 0) is 0 Å². The molecule has 0 radical (unpaired) electrons. The highest BCUT2D eigenvalue weighted by atomic mass is 15.3. The van der Waals surface area contributed by atoms with Crippen molar-refractivity contribution in [2.24, 2.45) is 0 Å². The molecule has 1 aliphatic rings. The molecular formula is C18H25N5. The van der Waals surface area contributed by atoms with Crippen molar-refractivity contribution in [3.8, 4) is 0 Å². The Kier molecular flexibility index (Phi) is 4.76. The van der Waals surface area contributed by atoms with Crippen LogP contribution in [0.15, 0.2) is 36.7 Å². The number of nitrogens with zero attached hydrogens (tertiary/aromatic N) is 5. The molecule has 2 heterocycles. The fourth-order valence-electron chi connectivity index (χ4n) is 2.97. The fraction of sp³-hybridized carbons (Fsp3) is 0.444. The van der Waals surface area contributed by atoms with Crippen LogP contribution >= 0.6 is 0 Å². The third kappa shape index (κ3) is 3.62. The maximum absolute atomic E-state index is 4.50. The Morgan fingerprint density at radius 3 is 2.57 bits per heavy atom. The average molecular weight is 311 g/mol. The van der Waals surface area contributed by atoms with E-state index >= 15 is 0 Å². The number of aromatic nitrogens is 2. The first-order chi connectivity index (χ1) is 11.2. The Balaban J connectivity index is 1.85. The van der Waals surface area contributed by atoms with Gasteiger partial charge in [-0.25, -0.2) is 9.97 Å². The molecular weight excluding hydrogens is 286 g/mol. The number of hydrogen-bond acceptors (Lipinski definition) is 5. The van der Waals surface area contributed by atoms with Gasteiger partial charge in [-0.3, -0.25) is 0 Å². The lowest BCUT2D eigenvalue weighted by Crippen LogP contribution is -2.44. The highest BCUT2D eigenvalue weighted by molar-refractivity contribution is 5.63. The van der Waals surface area contributed by atoms with Crippen molar-refractivity contribution in [3.63, 3.8) is 0 Å². The van der Waals surface area contributed by atoms with Gasteiger partial charge in [-0.1, -0.05) is 12.1 Å². The van der Waals surface area contributed by atoms with E-state index in [1.807, 2.05) is 0 Å². The lowest BCUT2D eigenvalue weighted by atomic mass is 10.2. The Morgan fingerprint density at radius 1 is 1.09 bits per heavy atom. The van der Waals surface area contributed by atoms with Crippen molar-refractivity contribution in [1.29, 1.82) is 0 Å². The molecule has 0 atom stereocenters. The topological polar surface area (TPSA) is 35.5 Å². The van der Waals surface area contributed by atoms with Gasteiger partial charge in [0.15, 0.2) is 0 Å². The maximum atomic E-state index is 4.50. The molecule has 1 fully saturated rings. The molecule has 2 aromatic rings. The zero-order valence-electron chi connectivity index (χ0n) is 14.2. The fourth-order valence-corrected chi connectivity index (χ4v) is 2.97. The van der Waals surface area contributed by atoms with E-state index in [-0.39, 0.29) is 0 Å². The van der Waals surface area contributed by atoms with Crippen LogP contribution in [0, 0.1) is 6.92 Å². The number of aryl methyl sites for hydroxylation is 1. The van der Waals surface area contributed by atoms with Crippen molar-refractivity contribution in [1.82, 2.24) is 14.9 Å². The highest BCUT2D eigenvalue weighted by Gasteiger charge is 2.17. The third-order valence-corrected chi connectivity index (χ3v) is 4.37. The molecule has 1 saturated heterocycles. The molecule has 0 saturated carbocycles. The summed E-state index contributed by atoms with van der Waals surface area (Å²) in [6.07, 6.45) is 1.68. The minimum Gasteiger partial charge on any atom is -0.354 e. The van der Waals surface area contributed by atoms with Crippen LogP contribution < -0.4 is 9.80 Å². The number of anilines is 3. The second kappa shape index (κ2) is 6.96. The summed E-state index contributed by atoms with van der Waals surface area (Å²) >= 11 is 0. The number of piperazine rings is 1. The molecule has 0 spiro atoms. The lowest BCUT2D eigenvalue weighted by Gasteiger charge is -2.33. The standard InChI is InChI=1S/C18H25N5/c1-4-23(16-7-5-6-15(2)12-16)18-13-17(19-14-20-18)22-10-8-21(3)9-11-22/h5-7,12-14H,4,8-11H2,1-3H3. The van der Waals surface area contributed by atoms with Gasteiger partial charge >= 0.3 is 0 Å². The molecule has 0 N–H and O–H groups in total. The van der Waals surface area contributed by atoms with Gasteiger partial charge in [0.2, 0.25) is 0 Å². The zero-order valence-corrected chi connectivity index (χ0v) is 14.2. The summed E-state index contributed by atoms with van der Waals surface area (Å²) in [5.74, 6) is 1.98. The van der Waals surface area contributed by atoms with E-state index in [1.54, 1.807) is 6.33 Å². The van der Waals surface area contributed by atoms with Crippen molar-refractivity contribution in [2.45, 2.75) is 13.8 Å². The van der Waals surface area contributed by atoms with Gasteiger partial charge in [0.05, 0.1) is 0 Å². The Hall–Kier alpha value is -2.14. The summed E-state index contributed by atoms with van der Waals surface area (Å²) < 4.78 is 0. The summed E-state index contributed by atoms with van der Waals surface area (Å²) in [7, 11) is 2.17.